The topological polar surface area (TPSA) is 41.6 Å². The molecule has 0 radical (unpaired) electrons. The molecule has 4 nitrogen and oxygen atoms in total. The van der Waals surface area contributed by atoms with Gasteiger partial charge in [0.05, 0.1) is 13.2 Å². The van der Waals surface area contributed by atoms with Crippen molar-refractivity contribution >= 4 is 5.91 Å². The maximum absolute atomic E-state index is 11.9. The summed E-state index contributed by atoms with van der Waals surface area (Å²) in [5, 5.41) is 3.06. The van der Waals surface area contributed by atoms with E-state index in [1.807, 2.05) is 0 Å². The van der Waals surface area contributed by atoms with E-state index in [9.17, 15) is 4.79 Å². The number of hydrogen-bond acceptors (Lipinski definition) is 3. The number of carbonyl (C=O) groups is 1. The first-order valence-corrected chi connectivity index (χ1v) is 14.0. The Morgan fingerprint density at radius 2 is 1.25 bits per heavy atom. The molecular formula is C28H54N2O2. The molecule has 1 N–H and O–H groups in total. The Balaban J connectivity index is 1.72. The molecule has 0 aromatic carbocycles. The predicted octanol–water partition coefficient (Wildman–Crippen LogP) is 7.03. The molecular weight excluding hydrogens is 396 g/mol. The zero-order valence-corrected chi connectivity index (χ0v) is 21.4. The van der Waals surface area contributed by atoms with Crippen molar-refractivity contribution in [3.8, 4) is 0 Å². The third-order valence-electron chi connectivity index (χ3n) is 6.52. The summed E-state index contributed by atoms with van der Waals surface area (Å²) in [5.41, 5.74) is 0. The van der Waals surface area contributed by atoms with Crippen LogP contribution in [0.15, 0.2) is 12.2 Å². The van der Waals surface area contributed by atoms with Crippen LogP contribution in [0, 0.1) is 0 Å². The van der Waals surface area contributed by atoms with Crippen LogP contribution in [0.1, 0.15) is 122 Å². The van der Waals surface area contributed by atoms with E-state index in [4.69, 9.17) is 4.74 Å². The highest BCUT2D eigenvalue weighted by Gasteiger charge is 2.09. The number of morpholine rings is 1. The fourth-order valence-corrected chi connectivity index (χ4v) is 4.33. The average Bonchev–Trinajstić information content (AvgIpc) is 2.81. The fourth-order valence-electron chi connectivity index (χ4n) is 4.33. The molecule has 1 rings (SSSR count). The second-order valence-electron chi connectivity index (χ2n) is 9.55. The Labute approximate surface area is 199 Å². The van der Waals surface area contributed by atoms with Gasteiger partial charge in [-0.15, -0.1) is 0 Å². The van der Waals surface area contributed by atoms with E-state index < -0.39 is 0 Å². The van der Waals surface area contributed by atoms with Crippen molar-refractivity contribution in [3.63, 3.8) is 0 Å². The predicted molar refractivity (Wildman–Crippen MR) is 138 cm³/mol. The number of nitrogens with one attached hydrogen (secondary N) is 1. The highest BCUT2D eigenvalue weighted by Crippen LogP contribution is 2.12. The van der Waals surface area contributed by atoms with Gasteiger partial charge >= 0.3 is 0 Å². The van der Waals surface area contributed by atoms with Crippen molar-refractivity contribution < 1.29 is 9.53 Å². The summed E-state index contributed by atoms with van der Waals surface area (Å²) in [6.45, 7) is 7.63. The third kappa shape index (κ3) is 19.8. The SMILES string of the molecule is CCCCCCCC/C=C\CCCCCCCCCCCC(=O)NCCN1CCOCC1. The molecule has 0 aromatic rings. The number of allylic oxidation sites excluding steroid dienone is 2. The molecule has 188 valence electrons. The minimum Gasteiger partial charge on any atom is -0.379 e. The van der Waals surface area contributed by atoms with Gasteiger partial charge < -0.3 is 10.1 Å². The van der Waals surface area contributed by atoms with Crippen LogP contribution in [0.4, 0.5) is 0 Å². The molecule has 0 unspecified atom stereocenters. The van der Waals surface area contributed by atoms with Crippen LogP contribution in [0.5, 0.6) is 0 Å². The number of unbranched alkanes of at least 4 members (excludes halogenated alkanes) is 15. The molecule has 1 saturated heterocycles. The maximum atomic E-state index is 11.9. The third-order valence-corrected chi connectivity index (χ3v) is 6.52. The molecule has 0 saturated carbocycles. The molecule has 1 aliphatic rings. The first-order valence-electron chi connectivity index (χ1n) is 14.0. The Kier molecular flexibility index (Phi) is 21.2. The van der Waals surface area contributed by atoms with Gasteiger partial charge in [0.2, 0.25) is 5.91 Å². The van der Waals surface area contributed by atoms with Crippen molar-refractivity contribution in [3.05, 3.63) is 12.2 Å². The molecule has 1 heterocycles. The highest BCUT2D eigenvalue weighted by molar-refractivity contribution is 5.75. The van der Waals surface area contributed by atoms with Crippen molar-refractivity contribution in [1.82, 2.24) is 10.2 Å². The minimum absolute atomic E-state index is 0.222. The normalized spacial score (nSPS) is 14.9. The number of ether oxygens (including phenoxy) is 1. The van der Waals surface area contributed by atoms with Gasteiger partial charge in [-0.05, 0) is 32.1 Å². The molecule has 32 heavy (non-hydrogen) atoms. The van der Waals surface area contributed by atoms with E-state index in [2.05, 4.69) is 29.3 Å². The lowest BCUT2D eigenvalue weighted by Gasteiger charge is -2.26. The molecule has 0 atom stereocenters. The van der Waals surface area contributed by atoms with Crippen LogP contribution in [-0.4, -0.2) is 50.2 Å². The zero-order chi connectivity index (χ0) is 23.0. The van der Waals surface area contributed by atoms with Crippen LogP contribution >= 0.6 is 0 Å². The maximum Gasteiger partial charge on any atom is 0.220 e. The molecule has 1 fully saturated rings. The number of rotatable bonds is 22. The van der Waals surface area contributed by atoms with Crippen molar-refractivity contribution in [1.29, 1.82) is 0 Å². The van der Waals surface area contributed by atoms with Crippen LogP contribution < -0.4 is 5.32 Å². The summed E-state index contributed by atoms with van der Waals surface area (Å²) in [7, 11) is 0. The molecule has 0 aliphatic carbocycles. The van der Waals surface area contributed by atoms with E-state index in [1.54, 1.807) is 0 Å². The molecule has 1 amide bonds. The number of carbonyl (C=O) groups excluding carboxylic acids is 1. The van der Waals surface area contributed by atoms with Gasteiger partial charge in [-0.2, -0.15) is 0 Å². The molecule has 0 aromatic heterocycles. The quantitative estimate of drug-likeness (QED) is 0.142. The van der Waals surface area contributed by atoms with Gasteiger partial charge in [0, 0.05) is 32.6 Å². The molecule has 0 bridgehead atoms. The lowest BCUT2D eigenvalue weighted by Crippen LogP contribution is -2.41. The minimum atomic E-state index is 0.222. The van der Waals surface area contributed by atoms with Gasteiger partial charge in [0.1, 0.15) is 0 Å². The summed E-state index contributed by atoms with van der Waals surface area (Å²) in [6.07, 6.45) is 28.1. The number of amides is 1. The Morgan fingerprint density at radius 3 is 1.81 bits per heavy atom. The summed E-state index contributed by atoms with van der Waals surface area (Å²) >= 11 is 0. The first-order chi connectivity index (χ1) is 15.8. The van der Waals surface area contributed by atoms with E-state index in [0.717, 1.165) is 45.8 Å². The zero-order valence-electron chi connectivity index (χ0n) is 21.4. The van der Waals surface area contributed by atoms with Gasteiger partial charge in [-0.3, -0.25) is 9.69 Å². The molecule has 0 spiro atoms. The average molecular weight is 451 g/mol. The van der Waals surface area contributed by atoms with Gasteiger partial charge in [0.25, 0.3) is 0 Å². The standard InChI is InChI=1S/C28H54N2O2/c1-2-3-4-5-6-7-8-9-10-11-12-13-14-15-16-17-18-19-20-21-28(31)29-22-23-30-24-26-32-27-25-30/h9-10H,2-8,11-27H2,1H3,(H,29,31)/b10-9-. The van der Waals surface area contributed by atoms with Gasteiger partial charge in [-0.25, -0.2) is 0 Å². The van der Waals surface area contributed by atoms with Crippen LogP contribution in [-0.2, 0) is 9.53 Å². The monoisotopic (exact) mass is 450 g/mol. The molecule has 1 aliphatic heterocycles. The van der Waals surface area contributed by atoms with E-state index in [-0.39, 0.29) is 5.91 Å². The summed E-state index contributed by atoms with van der Waals surface area (Å²) < 4.78 is 5.34. The number of nitrogens with zero attached hydrogens (tertiary/aromatic N) is 1. The highest BCUT2D eigenvalue weighted by atomic mass is 16.5. The lowest BCUT2D eigenvalue weighted by atomic mass is 10.1. The van der Waals surface area contributed by atoms with E-state index in [0.29, 0.717) is 6.42 Å². The van der Waals surface area contributed by atoms with Gasteiger partial charge in [-0.1, -0.05) is 96.1 Å². The summed E-state index contributed by atoms with van der Waals surface area (Å²) in [4.78, 5) is 14.3. The second kappa shape index (κ2) is 23.3. The Morgan fingerprint density at radius 1 is 0.750 bits per heavy atom. The van der Waals surface area contributed by atoms with Crippen molar-refractivity contribution in [2.45, 2.75) is 122 Å². The number of hydrogen-bond donors (Lipinski definition) is 1. The summed E-state index contributed by atoms with van der Waals surface area (Å²) in [5.74, 6) is 0.222. The van der Waals surface area contributed by atoms with Crippen LogP contribution in [0.25, 0.3) is 0 Å². The van der Waals surface area contributed by atoms with Crippen LogP contribution in [0.2, 0.25) is 0 Å². The van der Waals surface area contributed by atoms with Crippen molar-refractivity contribution in [2.24, 2.45) is 0 Å². The first kappa shape index (κ1) is 29.2. The van der Waals surface area contributed by atoms with Crippen molar-refractivity contribution in [2.75, 3.05) is 39.4 Å². The fraction of sp³-hybridized carbons (Fsp3) is 0.893. The van der Waals surface area contributed by atoms with E-state index in [1.165, 1.54) is 103 Å². The van der Waals surface area contributed by atoms with Gasteiger partial charge in [0.15, 0.2) is 0 Å². The lowest BCUT2D eigenvalue weighted by molar-refractivity contribution is -0.121. The van der Waals surface area contributed by atoms with E-state index >= 15 is 0 Å². The Hall–Kier alpha value is -0.870. The molecule has 4 heteroatoms. The smallest absolute Gasteiger partial charge is 0.220 e. The second-order valence-corrected chi connectivity index (χ2v) is 9.55. The largest absolute Gasteiger partial charge is 0.379 e. The van der Waals surface area contributed by atoms with Crippen LogP contribution in [0.3, 0.4) is 0 Å². The Bertz CT molecular complexity index is 433. The summed E-state index contributed by atoms with van der Waals surface area (Å²) in [6, 6.07) is 0.